The second-order valence-electron chi connectivity index (χ2n) is 5.14. The van der Waals surface area contributed by atoms with E-state index in [4.69, 9.17) is 4.74 Å². The van der Waals surface area contributed by atoms with E-state index in [0.717, 1.165) is 30.9 Å². The summed E-state index contributed by atoms with van der Waals surface area (Å²) in [5.74, 6) is 2.93. The molecule has 82 valence electrons. The minimum Gasteiger partial charge on any atom is -0.377 e. The molecule has 2 saturated carbocycles. The molecular formula is C12H23NO. The molecule has 0 radical (unpaired) electrons. The predicted molar refractivity (Wildman–Crippen MR) is 58.3 cm³/mol. The van der Waals surface area contributed by atoms with Crippen molar-refractivity contribution < 1.29 is 4.74 Å². The van der Waals surface area contributed by atoms with Crippen molar-refractivity contribution >= 4 is 0 Å². The molecule has 0 aromatic heterocycles. The minimum atomic E-state index is 0.374. The molecule has 0 aromatic carbocycles. The molecule has 4 unspecified atom stereocenters. The van der Waals surface area contributed by atoms with Crippen molar-refractivity contribution in [2.75, 3.05) is 20.2 Å². The number of likely N-dealkylation sites (N-methyl/N-ethyl adjacent to an activating group) is 1. The van der Waals surface area contributed by atoms with Crippen LogP contribution >= 0.6 is 0 Å². The van der Waals surface area contributed by atoms with Gasteiger partial charge in [0.25, 0.3) is 0 Å². The molecule has 2 aliphatic carbocycles. The van der Waals surface area contributed by atoms with E-state index >= 15 is 0 Å². The van der Waals surface area contributed by atoms with E-state index in [1.807, 2.05) is 7.05 Å². The van der Waals surface area contributed by atoms with Gasteiger partial charge in [0.1, 0.15) is 0 Å². The third kappa shape index (κ3) is 2.29. The Morgan fingerprint density at radius 2 is 2.21 bits per heavy atom. The molecule has 0 aliphatic heterocycles. The van der Waals surface area contributed by atoms with Crippen molar-refractivity contribution in [3.63, 3.8) is 0 Å². The molecule has 2 nitrogen and oxygen atoms in total. The van der Waals surface area contributed by atoms with Crippen molar-refractivity contribution in [2.24, 2.45) is 17.8 Å². The Bertz CT molecular complexity index is 183. The highest BCUT2D eigenvalue weighted by Crippen LogP contribution is 2.48. The Hall–Kier alpha value is -0.0800. The Balaban J connectivity index is 1.66. The van der Waals surface area contributed by atoms with Crippen LogP contribution in [0.25, 0.3) is 0 Å². The van der Waals surface area contributed by atoms with Crippen molar-refractivity contribution in [1.29, 1.82) is 0 Å². The molecule has 2 bridgehead atoms. The zero-order valence-corrected chi connectivity index (χ0v) is 9.46. The van der Waals surface area contributed by atoms with Crippen molar-refractivity contribution in [1.82, 2.24) is 5.32 Å². The highest BCUT2D eigenvalue weighted by atomic mass is 16.5. The maximum Gasteiger partial charge on any atom is 0.0671 e. The van der Waals surface area contributed by atoms with Crippen LogP contribution in [0, 0.1) is 17.8 Å². The molecule has 2 rings (SSSR count). The van der Waals surface area contributed by atoms with E-state index in [1.165, 1.54) is 25.7 Å². The van der Waals surface area contributed by atoms with Gasteiger partial charge in [0.15, 0.2) is 0 Å². The normalized spacial score (nSPS) is 37.7. The lowest BCUT2D eigenvalue weighted by Crippen LogP contribution is -2.27. The van der Waals surface area contributed by atoms with Gasteiger partial charge in [-0.15, -0.1) is 0 Å². The van der Waals surface area contributed by atoms with Gasteiger partial charge in [0.05, 0.1) is 12.7 Å². The molecule has 0 saturated heterocycles. The smallest absolute Gasteiger partial charge is 0.0671 e. The van der Waals surface area contributed by atoms with Crippen LogP contribution in [-0.4, -0.2) is 26.3 Å². The first-order chi connectivity index (χ1) is 6.79. The summed E-state index contributed by atoms with van der Waals surface area (Å²) in [5.41, 5.74) is 0. The predicted octanol–water partition coefficient (Wildman–Crippen LogP) is 2.05. The highest BCUT2D eigenvalue weighted by Gasteiger charge is 2.39. The number of nitrogens with one attached hydrogen (secondary N) is 1. The van der Waals surface area contributed by atoms with Gasteiger partial charge in [0.2, 0.25) is 0 Å². The first-order valence-electron chi connectivity index (χ1n) is 6.05. The average Bonchev–Trinajstić information content (AvgIpc) is 2.76. The van der Waals surface area contributed by atoms with Crippen LogP contribution in [0.15, 0.2) is 0 Å². The summed E-state index contributed by atoms with van der Waals surface area (Å²) in [6.07, 6.45) is 6.27. The van der Waals surface area contributed by atoms with Gasteiger partial charge in [-0.25, -0.2) is 0 Å². The quantitative estimate of drug-likeness (QED) is 0.728. The van der Waals surface area contributed by atoms with Gasteiger partial charge in [0, 0.05) is 6.54 Å². The largest absolute Gasteiger partial charge is 0.377 e. The Morgan fingerprint density at radius 3 is 2.79 bits per heavy atom. The lowest BCUT2D eigenvalue weighted by Gasteiger charge is -2.23. The van der Waals surface area contributed by atoms with E-state index in [9.17, 15) is 0 Å². The summed E-state index contributed by atoms with van der Waals surface area (Å²) < 4.78 is 5.86. The summed E-state index contributed by atoms with van der Waals surface area (Å²) >= 11 is 0. The fourth-order valence-corrected chi connectivity index (χ4v) is 3.21. The minimum absolute atomic E-state index is 0.374. The summed E-state index contributed by atoms with van der Waals surface area (Å²) in [7, 11) is 1.98. The molecule has 0 aromatic rings. The van der Waals surface area contributed by atoms with E-state index in [0.29, 0.717) is 6.10 Å². The van der Waals surface area contributed by atoms with E-state index in [2.05, 4.69) is 12.2 Å². The van der Waals surface area contributed by atoms with Gasteiger partial charge >= 0.3 is 0 Å². The molecule has 4 atom stereocenters. The van der Waals surface area contributed by atoms with Crippen LogP contribution < -0.4 is 5.32 Å². The lowest BCUT2D eigenvalue weighted by molar-refractivity contribution is 0.0277. The highest BCUT2D eigenvalue weighted by molar-refractivity contribution is 4.89. The van der Waals surface area contributed by atoms with E-state index < -0.39 is 0 Å². The van der Waals surface area contributed by atoms with Gasteiger partial charge in [-0.1, -0.05) is 6.42 Å². The number of hydrogen-bond donors (Lipinski definition) is 1. The van der Waals surface area contributed by atoms with Crippen molar-refractivity contribution in [3.05, 3.63) is 0 Å². The summed E-state index contributed by atoms with van der Waals surface area (Å²) in [4.78, 5) is 0. The van der Waals surface area contributed by atoms with Crippen LogP contribution in [0.4, 0.5) is 0 Å². The SMILES string of the molecule is CNCC(C)OCC1CC2CCC1C2. The van der Waals surface area contributed by atoms with Crippen LogP contribution in [-0.2, 0) is 4.74 Å². The molecule has 14 heavy (non-hydrogen) atoms. The zero-order valence-electron chi connectivity index (χ0n) is 9.46. The lowest BCUT2D eigenvalue weighted by atomic mass is 9.89. The monoisotopic (exact) mass is 197 g/mol. The summed E-state index contributed by atoms with van der Waals surface area (Å²) in [6.45, 7) is 4.13. The van der Waals surface area contributed by atoms with Gasteiger partial charge in [-0.05, 0) is 51.0 Å². The first-order valence-corrected chi connectivity index (χ1v) is 6.05. The maximum absolute atomic E-state index is 5.86. The van der Waals surface area contributed by atoms with Crippen LogP contribution in [0.2, 0.25) is 0 Å². The molecular weight excluding hydrogens is 174 g/mol. The second kappa shape index (κ2) is 4.63. The standard InChI is InChI=1S/C12H23NO/c1-9(7-13-2)14-8-12-6-10-3-4-11(12)5-10/h9-13H,3-8H2,1-2H3. The summed E-state index contributed by atoms with van der Waals surface area (Å²) in [6, 6.07) is 0. The summed E-state index contributed by atoms with van der Waals surface area (Å²) in [5, 5.41) is 3.15. The fraction of sp³-hybridized carbons (Fsp3) is 1.00. The topological polar surface area (TPSA) is 21.3 Å². The average molecular weight is 197 g/mol. The number of rotatable bonds is 5. The maximum atomic E-state index is 5.86. The first kappa shape index (κ1) is 10.4. The molecule has 0 amide bonds. The fourth-order valence-electron chi connectivity index (χ4n) is 3.21. The molecule has 2 heteroatoms. The zero-order chi connectivity index (χ0) is 9.97. The van der Waals surface area contributed by atoms with Crippen molar-refractivity contribution in [3.8, 4) is 0 Å². The second-order valence-corrected chi connectivity index (χ2v) is 5.14. The molecule has 0 heterocycles. The van der Waals surface area contributed by atoms with Gasteiger partial charge in [-0.2, -0.15) is 0 Å². The van der Waals surface area contributed by atoms with Crippen LogP contribution in [0.3, 0.4) is 0 Å². The third-order valence-electron chi connectivity index (χ3n) is 3.97. The molecule has 2 fully saturated rings. The van der Waals surface area contributed by atoms with E-state index in [1.54, 1.807) is 0 Å². The Kier molecular flexibility index (Phi) is 3.45. The molecule has 2 aliphatic rings. The Morgan fingerprint density at radius 1 is 1.36 bits per heavy atom. The molecule has 0 spiro atoms. The van der Waals surface area contributed by atoms with Crippen LogP contribution in [0.5, 0.6) is 0 Å². The Labute approximate surface area is 87.4 Å². The van der Waals surface area contributed by atoms with Gasteiger partial charge < -0.3 is 10.1 Å². The van der Waals surface area contributed by atoms with Gasteiger partial charge in [-0.3, -0.25) is 0 Å². The number of hydrogen-bond acceptors (Lipinski definition) is 2. The molecule has 1 N–H and O–H groups in total. The van der Waals surface area contributed by atoms with E-state index in [-0.39, 0.29) is 0 Å². The number of ether oxygens (including phenoxy) is 1. The number of fused-ring (bicyclic) bond motifs is 2. The third-order valence-corrected chi connectivity index (χ3v) is 3.97. The van der Waals surface area contributed by atoms with Crippen molar-refractivity contribution in [2.45, 2.75) is 38.7 Å². The van der Waals surface area contributed by atoms with Crippen LogP contribution in [0.1, 0.15) is 32.6 Å².